The lowest BCUT2D eigenvalue weighted by Gasteiger charge is -2.26. The van der Waals surface area contributed by atoms with E-state index in [4.69, 9.17) is 9.47 Å². The zero-order chi connectivity index (χ0) is 32.4. The number of methoxy groups -OCH3 is 1. The van der Waals surface area contributed by atoms with Crippen molar-refractivity contribution in [1.29, 1.82) is 0 Å². The summed E-state index contributed by atoms with van der Waals surface area (Å²) in [5.74, 6) is -0.189. The van der Waals surface area contributed by atoms with Gasteiger partial charge in [0.05, 0.1) is 55.5 Å². The van der Waals surface area contributed by atoms with E-state index in [0.29, 0.717) is 22.6 Å². The van der Waals surface area contributed by atoms with E-state index >= 15 is 0 Å². The number of pyridine rings is 1. The van der Waals surface area contributed by atoms with Crippen molar-refractivity contribution in [3.8, 4) is 22.7 Å². The summed E-state index contributed by atoms with van der Waals surface area (Å²) in [6.45, 7) is 12.0. The van der Waals surface area contributed by atoms with Crippen LogP contribution in [0, 0.1) is 6.92 Å². The molecule has 1 saturated heterocycles. The number of rotatable bonds is 9. The lowest BCUT2D eigenvalue weighted by Crippen LogP contribution is -2.35. The lowest BCUT2D eigenvalue weighted by molar-refractivity contribution is 0.0336. The van der Waals surface area contributed by atoms with Crippen LogP contribution in [0.2, 0.25) is 0 Å². The monoisotopic (exact) mass is 633 g/mol. The summed E-state index contributed by atoms with van der Waals surface area (Å²) >= 11 is 0. The largest absolute Gasteiger partial charge is 0.492 e. The van der Waals surface area contributed by atoms with Gasteiger partial charge < -0.3 is 14.8 Å². The normalized spacial score (nSPS) is 14.3. The number of carbonyl (C=O) groups excluding carboxylic acids is 1. The lowest BCUT2D eigenvalue weighted by atomic mass is 9.86. The number of anilines is 2. The third-order valence-electron chi connectivity index (χ3n) is 7.52. The van der Waals surface area contributed by atoms with Crippen molar-refractivity contribution in [1.82, 2.24) is 24.9 Å². The average molecular weight is 634 g/mol. The summed E-state index contributed by atoms with van der Waals surface area (Å²) in [6.07, 6.45) is 4.67. The molecule has 0 atom stereocenters. The topological polar surface area (TPSA) is 141 Å². The van der Waals surface area contributed by atoms with Crippen molar-refractivity contribution in [3.05, 3.63) is 77.2 Å². The summed E-state index contributed by atoms with van der Waals surface area (Å²) in [6, 6.07) is 12.8. The molecule has 1 amide bonds. The summed E-state index contributed by atoms with van der Waals surface area (Å²) in [5, 5.41) is 11.6. The molecular weight excluding hydrogens is 594 g/mol. The third-order valence-corrected chi connectivity index (χ3v) is 8.11. The fourth-order valence-electron chi connectivity index (χ4n) is 5.01. The number of aryl methyl sites for hydroxylation is 1. The Hall–Kier alpha value is -4.33. The van der Waals surface area contributed by atoms with Crippen molar-refractivity contribution < 1.29 is 22.7 Å². The van der Waals surface area contributed by atoms with Crippen LogP contribution in [0.4, 0.5) is 11.4 Å². The van der Waals surface area contributed by atoms with E-state index in [1.807, 2.05) is 52.1 Å². The average Bonchev–Trinajstić information content (AvgIpc) is 3.47. The van der Waals surface area contributed by atoms with Crippen LogP contribution in [0.1, 0.15) is 48.0 Å². The molecule has 2 aromatic heterocycles. The van der Waals surface area contributed by atoms with Gasteiger partial charge in [-0.3, -0.25) is 19.4 Å². The number of ether oxygens (including phenoxy) is 2. The minimum atomic E-state index is -3.61. The Labute approximate surface area is 263 Å². The highest BCUT2D eigenvalue weighted by Crippen LogP contribution is 2.39. The molecule has 1 aliphatic heterocycles. The Morgan fingerprint density at radius 3 is 2.44 bits per heavy atom. The van der Waals surface area contributed by atoms with Crippen LogP contribution in [0.5, 0.6) is 5.75 Å². The van der Waals surface area contributed by atoms with Crippen LogP contribution in [0.15, 0.2) is 54.9 Å². The van der Waals surface area contributed by atoms with Crippen molar-refractivity contribution >= 4 is 27.3 Å². The van der Waals surface area contributed by atoms with Crippen LogP contribution >= 0.6 is 0 Å². The first-order valence-electron chi connectivity index (χ1n) is 14.6. The molecule has 2 N–H and O–H groups in total. The van der Waals surface area contributed by atoms with Gasteiger partial charge in [-0.2, -0.15) is 0 Å². The van der Waals surface area contributed by atoms with Gasteiger partial charge in [-0.25, -0.2) is 13.1 Å². The second-order valence-electron chi connectivity index (χ2n) is 12.2. The maximum Gasteiger partial charge on any atom is 0.255 e. The van der Waals surface area contributed by atoms with Gasteiger partial charge >= 0.3 is 0 Å². The summed E-state index contributed by atoms with van der Waals surface area (Å²) in [4.78, 5) is 20.5. The van der Waals surface area contributed by atoms with Gasteiger partial charge in [0.25, 0.3) is 5.91 Å². The SMILES string of the molecule is COc1c(NC(=O)c2ccc(C)c(-n3cc(-c4ccc(CN5CCOCC5)nc4)nn3)c2)cc(C(C)(C)C)cc1NS(C)(=O)=O. The van der Waals surface area contributed by atoms with Gasteiger partial charge in [0.2, 0.25) is 10.0 Å². The Kier molecular flexibility index (Phi) is 9.23. The molecule has 4 aromatic rings. The number of hydrogen-bond donors (Lipinski definition) is 2. The Bertz CT molecular complexity index is 1790. The number of aromatic nitrogens is 4. The molecule has 2 aromatic carbocycles. The zero-order valence-electron chi connectivity index (χ0n) is 26.4. The molecular formula is C32H39N7O5S. The molecule has 238 valence electrons. The van der Waals surface area contributed by atoms with Crippen molar-refractivity contribution in [3.63, 3.8) is 0 Å². The molecule has 0 bridgehead atoms. The molecule has 0 saturated carbocycles. The minimum absolute atomic E-state index is 0.208. The van der Waals surface area contributed by atoms with E-state index < -0.39 is 15.9 Å². The fraction of sp³-hybridized carbons (Fsp3) is 0.375. The van der Waals surface area contributed by atoms with Gasteiger partial charge in [0.15, 0.2) is 5.75 Å². The highest BCUT2D eigenvalue weighted by atomic mass is 32.2. The fourth-order valence-corrected chi connectivity index (χ4v) is 5.56. The highest BCUT2D eigenvalue weighted by Gasteiger charge is 2.23. The molecule has 3 heterocycles. The molecule has 13 heteroatoms. The number of nitrogens with one attached hydrogen (secondary N) is 2. The number of morpholine rings is 1. The van der Waals surface area contributed by atoms with Crippen molar-refractivity contribution in [2.45, 2.75) is 39.7 Å². The summed E-state index contributed by atoms with van der Waals surface area (Å²) < 4.78 is 39.3. The zero-order valence-corrected chi connectivity index (χ0v) is 27.2. The predicted molar refractivity (Wildman–Crippen MR) is 174 cm³/mol. The predicted octanol–water partition coefficient (Wildman–Crippen LogP) is 4.40. The maximum atomic E-state index is 13.6. The van der Waals surface area contributed by atoms with Gasteiger partial charge in [-0.15, -0.1) is 5.10 Å². The van der Waals surface area contributed by atoms with Crippen molar-refractivity contribution in [2.24, 2.45) is 0 Å². The molecule has 1 aliphatic rings. The third kappa shape index (κ3) is 7.85. The van der Waals surface area contributed by atoms with Crippen LogP contribution in [0.3, 0.4) is 0 Å². The minimum Gasteiger partial charge on any atom is -0.492 e. The first kappa shape index (κ1) is 32.1. The quantitative estimate of drug-likeness (QED) is 0.274. The van der Waals surface area contributed by atoms with Crippen LogP contribution < -0.4 is 14.8 Å². The number of benzene rings is 2. The number of nitrogens with zero attached hydrogens (tertiary/aromatic N) is 5. The number of amides is 1. The first-order valence-corrected chi connectivity index (χ1v) is 16.5. The number of carbonyl (C=O) groups is 1. The van der Waals surface area contributed by atoms with Gasteiger partial charge in [-0.1, -0.05) is 32.1 Å². The summed E-state index contributed by atoms with van der Waals surface area (Å²) in [7, 11) is -2.18. The Morgan fingerprint density at radius 2 is 1.80 bits per heavy atom. The standard InChI is InChI=1S/C32H39N7O5S/c1-21-7-8-22(31(40)34-26-16-24(32(2,3)4)17-27(30(26)43-5)36-45(6,41)42)15-29(21)39-20-28(35-37-39)23-9-10-25(33-18-23)19-38-11-13-44-14-12-38/h7-10,15-18,20,36H,11-14,19H2,1-6H3,(H,34,40). The molecule has 0 spiro atoms. The van der Waals surface area contributed by atoms with Crippen LogP contribution in [-0.4, -0.2) is 78.9 Å². The molecule has 0 aliphatic carbocycles. The van der Waals surface area contributed by atoms with E-state index in [-0.39, 0.29) is 16.9 Å². The molecule has 45 heavy (non-hydrogen) atoms. The van der Waals surface area contributed by atoms with Gasteiger partial charge in [-0.05, 0) is 59.9 Å². The summed E-state index contributed by atoms with van der Waals surface area (Å²) in [5.41, 5.74) is 5.50. The number of sulfonamides is 1. The van der Waals surface area contributed by atoms with Crippen LogP contribution in [0.25, 0.3) is 16.9 Å². The van der Waals surface area contributed by atoms with E-state index in [9.17, 15) is 13.2 Å². The first-order chi connectivity index (χ1) is 21.3. The van der Waals surface area contributed by atoms with Crippen LogP contribution in [-0.2, 0) is 26.7 Å². The number of hydrogen-bond acceptors (Lipinski definition) is 9. The second-order valence-corrected chi connectivity index (χ2v) is 13.9. The maximum absolute atomic E-state index is 13.6. The van der Waals surface area contributed by atoms with Gasteiger partial charge in [0, 0.05) is 37.0 Å². The molecule has 0 unspecified atom stereocenters. The van der Waals surface area contributed by atoms with E-state index in [2.05, 4.69) is 30.2 Å². The highest BCUT2D eigenvalue weighted by molar-refractivity contribution is 7.92. The Morgan fingerprint density at radius 1 is 1.07 bits per heavy atom. The van der Waals surface area contributed by atoms with E-state index in [1.165, 1.54) is 7.11 Å². The van der Waals surface area contributed by atoms with E-state index in [0.717, 1.165) is 61.5 Å². The Balaban J connectivity index is 1.38. The molecule has 1 fully saturated rings. The smallest absolute Gasteiger partial charge is 0.255 e. The molecule has 0 radical (unpaired) electrons. The van der Waals surface area contributed by atoms with Gasteiger partial charge in [0.1, 0.15) is 5.69 Å². The molecule has 5 rings (SSSR count). The van der Waals surface area contributed by atoms with Crippen molar-refractivity contribution in [2.75, 3.05) is 49.7 Å². The molecule has 12 nitrogen and oxygen atoms in total. The van der Waals surface area contributed by atoms with E-state index in [1.54, 1.807) is 35.1 Å². The second kappa shape index (κ2) is 13.0.